The summed E-state index contributed by atoms with van der Waals surface area (Å²) in [5.41, 5.74) is 1.17. The minimum atomic E-state index is 0.650. The van der Waals surface area contributed by atoms with Crippen molar-refractivity contribution in [2.24, 2.45) is 0 Å². The molecule has 0 saturated carbocycles. The zero-order valence-corrected chi connectivity index (χ0v) is 14.5. The minimum absolute atomic E-state index is 0.650. The van der Waals surface area contributed by atoms with Gasteiger partial charge in [0.25, 0.3) is 0 Å². The zero-order chi connectivity index (χ0) is 17.0. The average Bonchev–Trinajstić information content (AvgIpc) is 2.64. The van der Waals surface area contributed by atoms with Gasteiger partial charge in [-0.05, 0) is 43.1 Å². The second kappa shape index (κ2) is 10.5. The van der Waals surface area contributed by atoms with Gasteiger partial charge in [0.2, 0.25) is 5.88 Å². The Morgan fingerprint density at radius 2 is 1.96 bits per heavy atom. The van der Waals surface area contributed by atoms with Crippen LogP contribution < -0.4 is 19.5 Å². The van der Waals surface area contributed by atoms with Gasteiger partial charge in [0.15, 0.2) is 11.5 Å². The van der Waals surface area contributed by atoms with Gasteiger partial charge in [0, 0.05) is 18.8 Å². The molecular formula is C19H26N2O3. The molecule has 0 saturated heterocycles. The summed E-state index contributed by atoms with van der Waals surface area (Å²) in [6.45, 7) is 5.10. The summed E-state index contributed by atoms with van der Waals surface area (Å²) in [4.78, 5) is 4.12. The van der Waals surface area contributed by atoms with Crippen molar-refractivity contribution >= 4 is 0 Å². The molecule has 0 spiro atoms. The van der Waals surface area contributed by atoms with E-state index in [2.05, 4.69) is 23.3 Å². The number of methoxy groups -OCH3 is 1. The number of hydrogen-bond donors (Lipinski definition) is 1. The average molecular weight is 330 g/mol. The second-order valence-electron chi connectivity index (χ2n) is 5.38. The van der Waals surface area contributed by atoms with Gasteiger partial charge in [-0.2, -0.15) is 0 Å². The number of pyridine rings is 1. The summed E-state index contributed by atoms with van der Waals surface area (Å²) in [6, 6.07) is 11.7. The van der Waals surface area contributed by atoms with Crippen LogP contribution >= 0.6 is 0 Å². The lowest BCUT2D eigenvalue weighted by Crippen LogP contribution is -2.17. The molecule has 1 heterocycles. The molecule has 5 heteroatoms. The molecule has 0 unspecified atom stereocenters. The SMILES string of the molecule is CCCOc1ccc(CNCCCOc2ccccn2)cc1OC. The van der Waals surface area contributed by atoms with E-state index in [-0.39, 0.29) is 0 Å². The Labute approximate surface area is 144 Å². The summed E-state index contributed by atoms with van der Waals surface area (Å²) in [6.07, 6.45) is 3.63. The lowest BCUT2D eigenvalue weighted by atomic mass is 10.2. The Kier molecular flexibility index (Phi) is 7.90. The molecule has 0 radical (unpaired) electrons. The standard InChI is InChI=1S/C19H26N2O3/c1-3-12-23-17-9-8-16(14-18(17)22-2)15-20-10-6-13-24-19-7-4-5-11-21-19/h4-5,7-9,11,14,20H,3,6,10,12-13,15H2,1-2H3. The molecule has 1 aromatic heterocycles. The van der Waals surface area contributed by atoms with Gasteiger partial charge in [-0.3, -0.25) is 0 Å². The normalized spacial score (nSPS) is 10.4. The summed E-state index contributed by atoms with van der Waals surface area (Å²) in [5.74, 6) is 2.25. The largest absolute Gasteiger partial charge is 0.493 e. The van der Waals surface area contributed by atoms with Gasteiger partial charge in [-0.25, -0.2) is 4.98 Å². The van der Waals surface area contributed by atoms with E-state index < -0.39 is 0 Å². The third-order valence-corrected chi connectivity index (χ3v) is 3.40. The highest BCUT2D eigenvalue weighted by Crippen LogP contribution is 2.28. The van der Waals surface area contributed by atoms with E-state index in [9.17, 15) is 0 Å². The Morgan fingerprint density at radius 1 is 1.04 bits per heavy atom. The van der Waals surface area contributed by atoms with E-state index in [0.717, 1.165) is 37.4 Å². The molecule has 1 aromatic carbocycles. The highest BCUT2D eigenvalue weighted by molar-refractivity contribution is 5.42. The number of nitrogens with one attached hydrogen (secondary N) is 1. The van der Waals surface area contributed by atoms with E-state index in [1.807, 2.05) is 30.3 Å². The smallest absolute Gasteiger partial charge is 0.213 e. The second-order valence-corrected chi connectivity index (χ2v) is 5.38. The maximum absolute atomic E-state index is 5.66. The van der Waals surface area contributed by atoms with Crippen molar-refractivity contribution in [3.63, 3.8) is 0 Å². The van der Waals surface area contributed by atoms with E-state index in [1.165, 1.54) is 5.56 Å². The van der Waals surface area contributed by atoms with Crippen molar-refractivity contribution in [1.29, 1.82) is 0 Å². The van der Waals surface area contributed by atoms with E-state index in [1.54, 1.807) is 13.3 Å². The summed E-state index contributed by atoms with van der Waals surface area (Å²) in [7, 11) is 1.67. The molecule has 1 N–H and O–H groups in total. The van der Waals surface area contributed by atoms with Gasteiger partial charge in [0.05, 0.1) is 20.3 Å². The van der Waals surface area contributed by atoms with Crippen LogP contribution in [0.4, 0.5) is 0 Å². The van der Waals surface area contributed by atoms with E-state index >= 15 is 0 Å². The number of nitrogens with zero attached hydrogens (tertiary/aromatic N) is 1. The molecule has 0 aliphatic carbocycles. The summed E-state index contributed by atoms with van der Waals surface area (Å²) in [5, 5.41) is 3.41. The van der Waals surface area contributed by atoms with Gasteiger partial charge in [-0.15, -0.1) is 0 Å². The van der Waals surface area contributed by atoms with Gasteiger partial charge >= 0.3 is 0 Å². The fourth-order valence-corrected chi connectivity index (χ4v) is 2.19. The predicted octanol–water partition coefficient (Wildman–Crippen LogP) is 3.44. The highest BCUT2D eigenvalue weighted by Gasteiger charge is 2.05. The van der Waals surface area contributed by atoms with Crippen molar-refractivity contribution in [2.45, 2.75) is 26.3 Å². The number of aromatic nitrogens is 1. The molecular weight excluding hydrogens is 304 g/mol. The molecule has 24 heavy (non-hydrogen) atoms. The zero-order valence-electron chi connectivity index (χ0n) is 14.5. The van der Waals surface area contributed by atoms with Crippen LogP contribution in [0.2, 0.25) is 0 Å². The van der Waals surface area contributed by atoms with E-state index in [0.29, 0.717) is 19.1 Å². The molecule has 130 valence electrons. The quantitative estimate of drug-likeness (QED) is 0.640. The maximum Gasteiger partial charge on any atom is 0.213 e. The number of hydrogen-bond acceptors (Lipinski definition) is 5. The molecule has 0 aliphatic heterocycles. The molecule has 0 amide bonds. The first kappa shape index (κ1) is 18.1. The van der Waals surface area contributed by atoms with Crippen molar-refractivity contribution < 1.29 is 14.2 Å². The number of ether oxygens (including phenoxy) is 3. The minimum Gasteiger partial charge on any atom is -0.493 e. The first-order chi connectivity index (χ1) is 11.8. The molecule has 0 atom stereocenters. The highest BCUT2D eigenvalue weighted by atomic mass is 16.5. The molecule has 2 rings (SSSR count). The Hall–Kier alpha value is -2.27. The van der Waals surface area contributed by atoms with Crippen LogP contribution in [-0.2, 0) is 6.54 Å². The maximum atomic E-state index is 5.66. The lowest BCUT2D eigenvalue weighted by molar-refractivity contribution is 0.293. The van der Waals surface area contributed by atoms with Crippen LogP contribution in [-0.4, -0.2) is 31.9 Å². The predicted molar refractivity (Wildman–Crippen MR) is 94.8 cm³/mol. The molecule has 5 nitrogen and oxygen atoms in total. The van der Waals surface area contributed by atoms with Crippen molar-refractivity contribution in [3.8, 4) is 17.4 Å². The first-order valence-corrected chi connectivity index (χ1v) is 8.37. The van der Waals surface area contributed by atoms with Crippen molar-refractivity contribution in [1.82, 2.24) is 10.3 Å². The third kappa shape index (κ3) is 6.08. The fraction of sp³-hybridized carbons (Fsp3) is 0.421. The van der Waals surface area contributed by atoms with Crippen molar-refractivity contribution in [2.75, 3.05) is 26.9 Å². The molecule has 0 bridgehead atoms. The monoisotopic (exact) mass is 330 g/mol. The first-order valence-electron chi connectivity index (χ1n) is 8.37. The molecule has 0 fully saturated rings. The van der Waals surface area contributed by atoms with Crippen LogP contribution in [0.5, 0.6) is 17.4 Å². The Balaban J connectivity index is 1.68. The van der Waals surface area contributed by atoms with Crippen LogP contribution in [0, 0.1) is 0 Å². The third-order valence-electron chi connectivity index (χ3n) is 3.40. The molecule has 0 aliphatic rings. The summed E-state index contributed by atoms with van der Waals surface area (Å²) < 4.78 is 16.6. The van der Waals surface area contributed by atoms with Gasteiger partial charge in [0.1, 0.15) is 0 Å². The molecule has 2 aromatic rings. The van der Waals surface area contributed by atoms with Gasteiger partial charge in [-0.1, -0.05) is 19.1 Å². The number of rotatable bonds is 11. The van der Waals surface area contributed by atoms with Gasteiger partial charge < -0.3 is 19.5 Å². The fourth-order valence-electron chi connectivity index (χ4n) is 2.19. The van der Waals surface area contributed by atoms with E-state index in [4.69, 9.17) is 14.2 Å². The van der Waals surface area contributed by atoms with Crippen LogP contribution in [0.15, 0.2) is 42.6 Å². The van der Waals surface area contributed by atoms with Crippen molar-refractivity contribution in [3.05, 3.63) is 48.2 Å². The Bertz CT molecular complexity index is 590. The Morgan fingerprint density at radius 3 is 2.71 bits per heavy atom. The van der Waals surface area contributed by atoms with Crippen LogP contribution in [0.25, 0.3) is 0 Å². The van der Waals surface area contributed by atoms with Crippen LogP contribution in [0.3, 0.4) is 0 Å². The topological polar surface area (TPSA) is 52.6 Å². The van der Waals surface area contributed by atoms with Crippen LogP contribution in [0.1, 0.15) is 25.3 Å². The number of benzene rings is 1. The summed E-state index contributed by atoms with van der Waals surface area (Å²) >= 11 is 0. The lowest BCUT2D eigenvalue weighted by Gasteiger charge is -2.12.